The molecule has 0 atom stereocenters. The zero-order valence-electron chi connectivity index (χ0n) is 14.1. The second-order valence-corrected chi connectivity index (χ2v) is 5.41. The summed E-state index contributed by atoms with van der Waals surface area (Å²) in [5, 5.41) is 0. The molecule has 0 saturated heterocycles. The van der Waals surface area contributed by atoms with Gasteiger partial charge in [-0.2, -0.15) is 0 Å². The van der Waals surface area contributed by atoms with Crippen molar-refractivity contribution >= 4 is 0 Å². The van der Waals surface area contributed by atoms with E-state index in [0.717, 1.165) is 5.92 Å². The third-order valence-corrected chi connectivity index (χ3v) is 4.32. The molecule has 0 aromatic rings. The average molecular weight is 212 g/mol. The van der Waals surface area contributed by atoms with Crippen LogP contribution < -0.4 is 0 Å². The van der Waals surface area contributed by atoms with Crippen LogP contribution in [0.4, 0.5) is 0 Å². The Morgan fingerprint density at radius 3 is 2.13 bits per heavy atom. The Bertz CT molecular complexity index is 277. The third kappa shape index (κ3) is 3.23. The molecule has 0 heterocycles. The van der Waals surface area contributed by atoms with Gasteiger partial charge in [0.15, 0.2) is 0 Å². The van der Waals surface area contributed by atoms with E-state index in [1.807, 2.05) is 0 Å². The second-order valence-electron chi connectivity index (χ2n) is 5.41. The largest absolute Gasteiger partial charge is 0.0654 e. The molecule has 15 heavy (non-hydrogen) atoms. The molecule has 0 bridgehead atoms. The summed E-state index contributed by atoms with van der Waals surface area (Å²) < 4.78 is 31.9. The van der Waals surface area contributed by atoms with Crippen molar-refractivity contribution in [3.8, 4) is 0 Å². The molecule has 0 radical (unpaired) electrons. The van der Waals surface area contributed by atoms with Crippen LogP contribution in [0.15, 0.2) is 0 Å². The summed E-state index contributed by atoms with van der Waals surface area (Å²) in [6.07, 6.45) is 6.19. The molecule has 0 aromatic heterocycles. The first-order valence-corrected chi connectivity index (χ1v) is 6.81. The average Bonchev–Trinajstić information content (AvgIpc) is 2.26. The van der Waals surface area contributed by atoms with Crippen molar-refractivity contribution < 1.29 is 5.48 Å². The Kier molecular flexibility index (Phi) is 2.90. The highest BCUT2D eigenvalue weighted by Crippen LogP contribution is 2.40. The van der Waals surface area contributed by atoms with Crippen molar-refractivity contribution in [1.82, 2.24) is 0 Å². The van der Waals surface area contributed by atoms with E-state index in [1.165, 1.54) is 38.5 Å². The lowest BCUT2D eigenvalue weighted by Gasteiger charge is -2.35. The van der Waals surface area contributed by atoms with Crippen LogP contribution in [-0.2, 0) is 0 Å². The van der Waals surface area contributed by atoms with E-state index in [0.29, 0.717) is 18.8 Å². The summed E-state index contributed by atoms with van der Waals surface area (Å²) >= 11 is 0. The van der Waals surface area contributed by atoms with Crippen LogP contribution in [0, 0.1) is 17.8 Å². The van der Waals surface area contributed by atoms with Gasteiger partial charge in [0, 0.05) is 5.48 Å². The topological polar surface area (TPSA) is 0 Å². The van der Waals surface area contributed by atoms with Crippen LogP contribution >= 0.6 is 0 Å². The Morgan fingerprint density at radius 1 is 0.933 bits per heavy atom. The lowest BCUT2D eigenvalue weighted by molar-refractivity contribution is 0.163. The Labute approximate surface area is 101 Å². The van der Waals surface area contributed by atoms with E-state index < -0.39 is 12.7 Å². The first-order valence-electron chi connectivity index (χ1n) is 8.81. The first-order chi connectivity index (χ1) is 8.81. The van der Waals surface area contributed by atoms with Gasteiger partial charge in [-0.25, -0.2) is 0 Å². The van der Waals surface area contributed by atoms with Gasteiger partial charge in [0.2, 0.25) is 0 Å². The van der Waals surface area contributed by atoms with Gasteiger partial charge in [-0.1, -0.05) is 64.6 Å². The molecule has 0 aliphatic heterocycles. The van der Waals surface area contributed by atoms with Crippen molar-refractivity contribution in [1.29, 1.82) is 0 Å². The lowest BCUT2D eigenvalue weighted by atomic mass is 9.70. The minimum atomic E-state index is -1.30. The van der Waals surface area contributed by atoms with E-state index in [9.17, 15) is 0 Å². The minimum absolute atomic E-state index is 0.0850. The summed E-state index contributed by atoms with van der Waals surface area (Å²) in [6, 6.07) is 0. The molecule has 2 fully saturated rings. The van der Waals surface area contributed by atoms with Gasteiger partial charge in [-0.3, -0.25) is 0 Å². The molecule has 2 saturated carbocycles. The maximum Gasteiger partial charge on any atom is 0.0267 e. The van der Waals surface area contributed by atoms with E-state index in [4.69, 9.17) is 5.48 Å². The van der Waals surface area contributed by atoms with Gasteiger partial charge in [-0.05, 0) is 30.6 Å². The standard InChI is InChI=1S/C15H28/c1-2-6-13-9-11-15(12-10-13)14-7-4-3-5-8-14/h13-15H,2-12H2,1H3/i4D2,5D2. The Hall–Kier alpha value is 0. The van der Waals surface area contributed by atoms with E-state index >= 15 is 0 Å². The first kappa shape index (κ1) is 7.35. The molecule has 0 aromatic carbocycles. The van der Waals surface area contributed by atoms with E-state index in [1.54, 1.807) is 0 Å². The van der Waals surface area contributed by atoms with Crippen molar-refractivity contribution in [3.05, 3.63) is 0 Å². The molecule has 0 heteroatoms. The van der Waals surface area contributed by atoms with Gasteiger partial charge in [-0.15, -0.1) is 0 Å². The third-order valence-electron chi connectivity index (χ3n) is 4.32. The van der Waals surface area contributed by atoms with Crippen LogP contribution in [0.2, 0.25) is 0 Å². The normalized spacial score (nSPS) is 44.9. The van der Waals surface area contributed by atoms with Crippen molar-refractivity contribution in [2.45, 2.75) is 77.5 Å². The number of rotatable bonds is 3. The van der Waals surface area contributed by atoms with E-state index in [-0.39, 0.29) is 12.3 Å². The van der Waals surface area contributed by atoms with Gasteiger partial charge < -0.3 is 0 Å². The van der Waals surface area contributed by atoms with Gasteiger partial charge in [0.05, 0.1) is 0 Å². The monoisotopic (exact) mass is 212 g/mol. The summed E-state index contributed by atoms with van der Waals surface area (Å²) in [5.74, 6) is 1.71. The minimum Gasteiger partial charge on any atom is -0.0654 e. The summed E-state index contributed by atoms with van der Waals surface area (Å²) in [6.45, 7) is 2.25. The summed E-state index contributed by atoms with van der Waals surface area (Å²) in [4.78, 5) is 0. The fraction of sp³-hybridized carbons (Fsp3) is 1.00. The second kappa shape index (κ2) is 5.92. The smallest absolute Gasteiger partial charge is 0.0267 e. The number of hydrogen-bond donors (Lipinski definition) is 0. The molecule has 0 nitrogen and oxygen atoms in total. The summed E-state index contributed by atoms with van der Waals surface area (Å²) in [5.41, 5.74) is 0. The molecular weight excluding hydrogens is 180 g/mol. The highest BCUT2D eigenvalue weighted by Gasteiger charge is 2.27. The molecule has 88 valence electrons. The molecule has 2 rings (SSSR count). The van der Waals surface area contributed by atoms with Crippen molar-refractivity contribution in [2.75, 3.05) is 0 Å². The van der Waals surface area contributed by atoms with Crippen LogP contribution in [0.1, 0.15) is 82.9 Å². The molecule has 0 unspecified atom stereocenters. The molecular formula is C15H28. The van der Waals surface area contributed by atoms with Crippen LogP contribution in [0.25, 0.3) is 0 Å². The Morgan fingerprint density at radius 2 is 1.53 bits per heavy atom. The predicted molar refractivity (Wildman–Crippen MR) is 66.9 cm³/mol. The Balaban J connectivity index is 1.92. The predicted octanol–water partition coefficient (Wildman–Crippen LogP) is 5.17. The lowest BCUT2D eigenvalue weighted by Crippen LogP contribution is -2.23. The zero-order chi connectivity index (χ0) is 14.1. The SMILES string of the molecule is [2H]C1([2H])CC(C2CCC(CCC)CC2)CC([2H])([2H])C1. The maximum atomic E-state index is 7.96. The molecule has 0 amide bonds. The number of hydrogen-bond acceptors (Lipinski definition) is 0. The molecule has 2 aliphatic carbocycles. The summed E-state index contributed by atoms with van der Waals surface area (Å²) in [7, 11) is 0. The molecule has 2 aliphatic rings. The molecule has 0 spiro atoms. The quantitative estimate of drug-likeness (QED) is 0.605. The van der Waals surface area contributed by atoms with Gasteiger partial charge in [0.25, 0.3) is 0 Å². The molecule has 0 N–H and O–H groups in total. The van der Waals surface area contributed by atoms with Crippen LogP contribution in [-0.4, -0.2) is 0 Å². The van der Waals surface area contributed by atoms with Gasteiger partial charge >= 0.3 is 0 Å². The van der Waals surface area contributed by atoms with Crippen molar-refractivity contribution in [3.63, 3.8) is 0 Å². The van der Waals surface area contributed by atoms with Crippen molar-refractivity contribution in [2.24, 2.45) is 17.8 Å². The highest BCUT2D eigenvalue weighted by molar-refractivity contribution is 4.79. The highest BCUT2D eigenvalue weighted by atomic mass is 14.3. The van der Waals surface area contributed by atoms with Crippen LogP contribution in [0.5, 0.6) is 0 Å². The van der Waals surface area contributed by atoms with E-state index in [2.05, 4.69) is 6.92 Å². The zero-order valence-corrected chi connectivity index (χ0v) is 10.1. The maximum absolute atomic E-state index is 7.96. The van der Waals surface area contributed by atoms with Gasteiger partial charge in [0.1, 0.15) is 0 Å². The fourth-order valence-electron chi connectivity index (χ4n) is 3.37. The fourth-order valence-corrected chi connectivity index (χ4v) is 3.37. The van der Waals surface area contributed by atoms with Crippen LogP contribution in [0.3, 0.4) is 0 Å².